The predicted molar refractivity (Wildman–Crippen MR) is 112 cm³/mol. The molecule has 1 unspecified atom stereocenters. The first-order valence-electron chi connectivity index (χ1n) is 9.23. The molecule has 0 radical (unpaired) electrons. The van der Waals surface area contributed by atoms with Crippen molar-refractivity contribution in [3.63, 3.8) is 0 Å². The van der Waals surface area contributed by atoms with Gasteiger partial charge in [-0.2, -0.15) is 0 Å². The van der Waals surface area contributed by atoms with E-state index in [0.29, 0.717) is 16.3 Å². The van der Waals surface area contributed by atoms with Crippen LogP contribution in [0.2, 0.25) is 0 Å². The first kappa shape index (κ1) is 17.1. The second-order valence-electron chi connectivity index (χ2n) is 6.91. The first-order valence-corrected chi connectivity index (χ1v) is 9.23. The molecule has 0 saturated carbocycles. The molecule has 6 nitrogen and oxygen atoms in total. The van der Waals surface area contributed by atoms with Gasteiger partial charge in [-0.15, -0.1) is 0 Å². The fraction of sp³-hybridized carbons (Fsp3) is 0.0435. The minimum Gasteiger partial charge on any atom is -0.494 e. The van der Waals surface area contributed by atoms with Gasteiger partial charge in [0, 0.05) is 10.9 Å². The van der Waals surface area contributed by atoms with Crippen LogP contribution in [0.1, 0.15) is 17.2 Å². The van der Waals surface area contributed by atoms with Crippen LogP contribution >= 0.6 is 0 Å². The molecule has 3 N–H and O–H groups in total. The average molecular weight is 383 g/mol. The summed E-state index contributed by atoms with van der Waals surface area (Å²) in [6, 6.07) is 22.8. The Morgan fingerprint density at radius 2 is 1.38 bits per heavy atom. The number of hydrogen-bond acceptors (Lipinski definition) is 3. The molecule has 0 amide bonds. The molecule has 5 rings (SSSR count). The Balaban J connectivity index is 1.90. The largest absolute Gasteiger partial charge is 0.494 e. The minimum atomic E-state index is -0.711. The Bertz CT molecular complexity index is 1460. The molecule has 2 heterocycles. The van der Waals surface area contributed by atoms with Crippen molar-refractivity contribution in [2.75, 3.05) is 0 Å². The number of nitrogens with one attached hydrogen (secondary N) is 2. The highest BCUT2D eigenvalue weighted by molar-refractivity contribution is 5.87. The van der Waals surface area contributed by atoms with Crippen LogP contribution in [0, 0.1) is 0 Å². The molecule has 3 aromatic carbocycles. The third kappa shape index (κ3) is 2.65. The predicted octanol–water partition coefficient (Wildman–Crippen LogP) is 3.51. The fourth-order valence-corrected chi connectivity index (χ4v) is 3.91. The van der Waals surface area contributed by atoms with Crippen LogP contribution in [0.3, 0.4) is 0 Å². The Labute approximate surface area is 164 Å². The van der Waals surface area contributed by atoms with Gasteiger partial charge in [0.25, 0.3) is 11.1 Å². The number of fused-ring (bicyclic) bond motifs is 2. The van der Waals surface area contributed by atoms with E-state index in [4.69, 9.17) is 0 Å². The number of aromatic nitrogens is 3. The molecular formula is C23H17N3O3. The lowest BCUT2D eigenvalue weighted by Crippen LogP contribution is -2.34. The first-order chi connectivity index (χ1) is 14.1. The van der Waals surface area contributed by atoms with Crippen molar-refractivity contribution < 1.29 is 5.11 Å². The van der Waals surface area contributed by atoms with Gasteiger partial charge in [0.2, 0.25) is 0 Å². The zero-order valence-electron chi connectivity index (χ0n) is 15.3. The van der Waals surface area contributed by atoms with Gasteiger partial charge in [0.05, 0.1) is 16.3 Å². The van der Waals surface area contributed by atoms with Crippen LogP contribution < -0.4 is 11.1 Å². The third-order valence-electron chi connectivity index (χ3n) is 5.22. The van der Waals surface area contributed by atoms with Crippen molar-refractivity contribution in [1.29, 1.82) is 0 Å². The van der Waals surface area contributed by atoms with E-state index >= 15 is 0 Å². The number of aromatic amines is 2. The Morgan fingerprint density at radius 3 is 2.14 bits per heavy atom. The number of para-hydroxylation sites is 1. The summed E-state index contributed by atoms with van der Waals surface area (Å²) in [5.41, 5.74) is 1.34. The van der Waals surface area contributed by atoms with Gasteiger partial charge in [0.15, 0.2) is 5.88 Å². The highest BCUT2D eigenvalue weighted by atomic mass is 16.3. The van der Waals surface area contributed by atoms with Crippen LogP contribution in [0.15, 0.2) is 88.5 Å². The number of benzene rings is 3. The number of H-pyrrole nitrogens is 2. The van der Waals surface area contributed by atoms with E-state index in [1.165, 1.54) is 4.68 Å². The molecule has 0 saturated heterocycles. The van der Waals surface area contributed by atoms with E-state index in [0.717, 1.165) is 16.5 Å². The van der Waals surface area contributed by atoms with Crippen molar-refractivity contribution in [2.45, 2.75) is 6.04 Å². The third-order valence-corrected chi connectivity index (χ3v) is 5.22. The van der Waals surface area contributed by atoms with Crippen molar-refractivity contribution in [3.05, 3.63) is 111 Å². The molecule has 5 aromatic rings. The number of aromatic hydroxyl groups is 1. The lowest BCUT2D eigenvalue weighted by Gasteiger charge is -2.20. The summed E-state index contributed by atoms with van der Waals surface area (Å²) < 4.78 is 1.30. The summed E-state index contributed by atoms with van der Waals surface area (Å²) in [5.74, 6) is -0.0408. The van der Waals surface area contributed by atoms with Gasteiger partial charge in [-0.25, -0.2) is 4.68 Å². The van der Waals surface area contributed by atoms with Crippen molar-refractivity contribution >= 4 is 21.7 Å². The second-order valence-corrected chi connectivity index (χ2v) is 6.91. The van der Waals surface area contributed by atoms with E-state index in [-0.39, 0.29) is 17.0 Å². The standard InChI is InChI=1S/C23H17N3O3/c27-21-15-10-4-5-11-16(15)23(29)26(25-21)20(14-8-2-1-3-9-14)19-17-12-6-7-13-18(17)24-22(19)28/h1-13,20,24,28H,(H,25,27). The molecule has 0 aliphatic rings. The maximum Gasteiger partial charge on any atom is 0.274 e. The smallest absolute Gasteiger partial charge is 0.274 e. The van der Waals surface area contributed by atoms with Crippen molar-refractivity contribution in [2.24, 2.45) is 0 Å². The summed E-state index contributed by atoms with van der Waals surface area (Å²) in [4.78, 5) is 29.0. The maximum absolute atomic E-state index is 13.3. The van der Waals surface area contributed by atoms with Crippen LogP contribution in [-0.4, -0.2) is 19.9 Å². The summed E-state index contributed by atoms with van der Waals surface area (Å²) in [7, 11) is 0. The van der Waals surface area contributed by atoms with E-state index in [9.17, 15) is 14.7 Å². The molecule has 0 aliphatic heterocycles. The molecule has 29 heavy (non-hydrogen) atoms. The normalized spacial score (nSPS) is 12.4. The van der Waals surface area contributed by atoms with Crippen LogP contribution in [-0.2, 0) is 0 Å². The van der Waals surface area contributed by atoms with Gasteiger partial charge >= 0.3 is 0 Å². The molecule has 0 fully saturated rings. The van der Waals surface area contributed by atoms with Crippen molar-refractivity contribution in [1.82, 2.24) is 14.8 Å². The lowest BCUT2D eigenvalue weighted by molar-refractivity contribution is 0.439. The Kier molecular flexibility index (Phi) is 3.84. The summed E-state index contributed by atoms with van der Waals surface area (Å²) >= 11 is 0. The van der Waals surface area contributed by atoms with Crippen LogP contribution in [0.5, 0.6) is 5.88 Å². The zero-order valence-corrected chi connectivity index (χ0v) is 15.3. The fourth-order valence-electron chi connectivity index (χ4n) is 3.91. The monoisotopic (exact) mass is 383 g/mol. The quantitative estimate of drug-likeness (QED) is 0.445. The van der Waals surface area contributed by atoms with Gasteiger partial charge in [-0.3, -0.25) is 14.7 Å². The second kappa shape index (κ2) is 6.53. The number of hydrogen-bond donors (Lipinski definition) is 3. The maximum atomic E-state index is 13.3. The lowest BCUT2D eigenvalue weighted by atomic mass is 9.97. The summed E-state index contributed by atoms with van der Waals surface area (Å²) in [5, 5.41) is 14.9. The summed E-state index contributed by atoms with van der Waals surface area (Å²) in [6.45, 7) is 0. The SMILES string of the molecule is O=c1[nH]n(C(c2ccccc2)c2c(O)[nH]c3ccccc23)c(=O)c2ccccc12. The highest BCUT2D eigenvalue weighted by Crippen LogP contribution is 2.37. The topological polar surface area (TPSA) is 90.9 Å². The highest BCUT2D eigenvalue weighted by Gasteiger charge is 2.26. The van der Waals surface area contributed by atoms with E-state index in [1.54, 1.807) is 24.3 Å². The van der Waals surface area contributed by atoms with Crippen molar-refractivity contribution in [3.8, 4) is 5.88 Å². The molecule has 0 spiro atoms. The minimum absolute atomic E-state index is 0.0408. The van der Waals surface area contributed by atoms with E-state index in [2.05, 4.69) is 10.1 Å². The Morgan fingerprint density at radius 1 is 0.759 bits per heavy atom. The number of rotatable bonds is 3. The van der Waals surface area contributed by atoms with Gasteiger partial charge in [-0.1, -0.05) is 60.7 Å². The average Bonchev–Trinajstić information content (AvgIpc) is 3.08. The van der Waals surface area contributed by atoms with E-state index in [1.807, 2.05) is 54.6 Å². The van der Waals surface area contributed by atoms with Crippen LogP contribution in [0.4, 0.5) is 0 Å². The zero-order chi connectivity index (χ0) is 20.0. The summed E-state index contributed by atoms with van der Waals surface area (Å²) in [6.07, 6.45) is 0. The number of nitrogens with zero attached hydrogens (tertiary/aromatic N) is 1. The molecule has 0 aliphatic carbocycles. The molecule has 6 heteroatoms. The molecule has 1 atom stereocenters. The van der Waals surface area contributed by atoms with Gasteiger partial charge < -0.3 is 10.1 Å². The molecule has 0 bridgehead atoms. The Hall–Kier alpha value is -4.06. The molecule has 142 valence electrons. The van der Waals surface area contributed by atoms with Gasteiger partial charge in [0.1, 0.15) is 6.04 Å². The van der Waals surface area contributed by atoms with Gasteiger partial charge in [-0.05, 0) is 23.8 Å². The van der Waals surface area contributed by atoms with Crippen LogP contribution in [0.25, 0.3) is 21.7 Å². The molecular weight excluding hydrogens is 366 g/mol. The molecule has 2 aromatic heterocycles. The van der Waals surface area contributed by atoms with E-state index < -0.39 is 6.04 Å².